The summed E-state index contributed by atoms with van der Waals surface area (Å²) >= 11 is 0. The van der Waals surface area contributed by atoms with Gasteiger partial charge in [0.25, 0.3) is 0 Å². The molecule has 0 aliphatic rings. The lowest BCUT2D eigenvalue weighted by atomic mass is 10.1. The quantitative estimate of drug-likeness (QED) is 0.463. The average molecular weight is 258 g/mol. The topological polar surface area (TPSA) is 74.6 Å². The van der Waals surface area contributed by atoms with E-state index in [1.54, 1.807) is 12.1 Å². The SMILES string of the molecule is C=CC(=O)CC(=O)C=C=Cc1ccc(O)c(CO)c1. The van der Waals surface area contributed by atoms with Crippen molar-refractivity contribution in [3.63, 3.8) is 0 Å². The number of hydrogen-bond donors (Lipinski definition) is 2. The Morgan fingerprint density at radius 2 is 2.05 bits per heavy atom. The van der Waals surface area contributed by atoms with E-state index in [4.69, 9.17) is 5.11 Å². The molecule has 1 aromatic carbocycles. The van der Waals surface area contributed by atoms with Crippen LogP contribution in [0.15, 0.2) is 42.7 Å². The Balaban J connectivity index is 2.78. The normalized spacial score (nSPS) is 9.32. The van der Waals surface area contributed by atoms with Crippen molar-refractivity contribution in [2.45, 2.75) is 13.0 Å². The first-order chi connectivity index (χ1) is 9.06. The van der Waals surface area contributed by atoms with E-state index in [9.17, 15) is 14.7 Å². The van der Waals surface area contributed by atoms with Gasteiger partial charge in [0, 0.05) is 11.6 Å². The van der Waals surface area contributed by atoms with Gasteiger partial charge in [-0.15, -0.1) is 5.73 Å². The number of phenols is 1. The molecule has 0 unspecified atom stereocenters. The van der Waals surface area contributed by atoms with Gasteiger partial charge in [0.15, 0.2) is 11.6 Å². The van der Waals surface area contributed by atoms with E-state index < -0.39 is 0 Å². The lowest BCUT2D eigenvalue weighted by Crippen LogP contribution is -2.00. The molecule has 98 valence electrons. The Labute approximate surface area is 111 Å². The summed E-state index contributed by atoms with van der Waals surface area (Å²) < 4.78 is 0. The fraction of sp³-hybridized carbons (Fsp3) is 0.133. The molecule has 0 aliphatic heterocycles. The molecule has 4 nitrogen and oxygen atoms in total. The number of aromatic hydroxyl groups is 1. The summed E-state index contributed by atoms with van der Waals surface area (Å²) in [6, 6.07) is 4.65. The summed E-state index contributed by atoms with van der Waals surface area (Å²) in [6.45, 7) is 3.00. The van der Waals surface area contributed by atoms with Crippen LogP contribution in [0.2, 0.25) is 0 Å². The highest BCUT2D eigenvalue weighted by Gasteiger charge is 2.02. The van der Waals surface area contributed by atoms with Gasteiger partial charge in [-0.3, -0.25) is 9.59 Å². The predicted octanol–water partition coefficient (Wildman–Crippen LogP) is 1.77. The molecule has 0 saturated carbocycles. The van der Waals surface area contributed by atoms with Gasteiger partial charge in [0.2, 0.25) is 0 Å². The van der Waals surface area contributed by atoms with Crippen LogP contribution in [0.4, 0.5) is 0 Å². The van der Waals surface area contributed by atoms with Crippen LogP contribution in [0.1, 0.15) is 17.5 Å². The number of benzene rings is 1. The zero-order valence-corrected chi connectivity index (χ0v) is 10.3. The number of ketones is 2. The Morgan fingerprint density at radius 1 is 1.32 bits per heavy atom. The molecule has 1 rings (SSSR count). The zero-order valence-electron chi connectivity index (χ0n) is 10.3. The van der Waals surface area contributed by atoms with Gasteiger partial charge in [-0.05, 0) is 29.8 Å². The molecule has 0 saturated heterocycles. The predicted molar refractivity (Wildman–Crippen MR) is 71.4 cm³/mol. The van der Waals surface area contributed by atoms with Crippen LogP contribution in [-0.2, 0) is 16.2 Å². The first kappa shape index (κ1) is 14.6. The largest absolute Gasteiger partial charge is 0.508 e. The molecule has 0 fully saturated rings. The van der Waals surface area contributed by atoms with Gasteiger partial charge in [-0.25, -0.2) is 0 Å². The van der Waals surface area contributed by atoms with Crippen LogP contribution in [0.3, 0.4) is 0 Å². The lowest BCUT2D eigenvalue weighted by molar-refractivity contribution is -0.121. The van der Waals surface area contributed by atoms with E-state index in [0.29, 0.717) is 11.1 Å². The van der Waals surface area contributed by atoms with E-state index >= 15 is 0 Å². The van der Waals surface area contributed by atoms with Crippen LogP contribution in [0, 0.1) is 0 Å². The van der Waals surface area contributed by atoms with Crippen molar-refractivity contribution in [2.75, 3.05) is 0 Å². The highest BCUT2D eigenvalue weighted by Crippen LogP contribution is 2.18. The molecule has 0 atom stereocenters. The molecule has 0 amide bonds. The van der Waals surface area contributed by atoms with Gasteiger partial charge in [-0.1, -0.05) is 12.6 Å². The summed E-state index contributed by atoms with van der Waals surface area (Å²) in [5.41, 5.74) is 3.73. The van der Waals surface area contributed by atoms with Gasteiger partial charge in [0.1, 0.15) is 5.75 Å². The average Bonchev–Trinajstić information content (AvgIpc) is 2.40. The Bertz CT molecular complexity index is 564. The number of aliphatic hydroxyl groups excluding tert-OH is 1. The standard InChI is InChI=1S/C15H14O4/c1-2-13(17)9-14(18)5-3-4-11-6-7-15(19)12(8-11)10-16/h2,4-8,16,19H,1,9-10H2. The van der Waals surface area contributed by atoms with E-state index in [2.05, 4.69) is 12.3 Å². The maximum atomic E-state index is 11.3. The molecule has 0 aliphatic carbocycles. The molecule has 0 aromatic heterocycles. The Hall–Kier alpha value is -2.42. The van der Waals surface area contributed by atoms with E-state index in [-0.39, 0.29) is 30.3 Å². The van der Waals surface area contributed by atoms with E-state index in [0.717, 1.165) is 6.08 Å². The first-order valence-electron chi connectivity index (χ1n) is 5.60. The summed E-state index contributed by atoms with van der Waals surface area (Å²) in [4.78, 5) is 22.2. The molecule has 0 radical (unpaired) electrons. The Kier molecular flexibility index (Phi) is 5.48. The molecule has 19 heavy (non-hydrogen) atoms. The van der Waals surface area contributed by atoms with Crippen LogP contribution < -0.4 is 0 Å². The van der Waals surface area contributed by atoms with Gasteiger partial charge in [-0.2, -0.15) is 0 Å². The minimum Gasteiger partial charge on any atom is -0.508 e. The summed E-state index contributed by atoms with van der Waals surface area (Å²) in [5, 5.41) is 18.4. The van der Waals surface area contributed by atoms with Crippen LogP contribution in [0.25, 0.3) is 6.08 Å². The van der Waals surface area contributed by atoms with Crippen molar-refractivity contribution in [2.24, 2.45) is 0 Å². The minimum atomic E-state index is -0.359. The van der Waals surface area contributed by atoms with Crippen molar-refractivity contribution in [1.29, 1.82) is 0 Å². The maximum Gasteiger partial charge on any atom is 0.171 e. The first-order valence-corrected chi connectivity index (χ1v) is 5.60. The molecular formula is C15H14O4. The number of allylic oxidation sites excluding steroid dienone is 2. The van der Waals surface area contributed by atoms with Gasteiger partial charge < -0.3 is 10.2 Å². The van der Waals surface area contributed by atoms with Crippen molar-refractivity contribution >= 4 is 17.6 Å². The van der Waals surface area contributed by atoms with Gasteiger partial charge >= 0.3 is 0 Å². The number of carbonyl (C=O) groups is 2. The number of hydrogen-bond acceptors (Lipinski definition) is 4. The summed E-state index contributed by atoms with van der Waals surface area (Å²) in [7, 11) is 0. The van der Waals surface area contributed by atoms with Crippen LogP contribution >= 0.6 is 0 Å². The highest BCUT2D eigenvalue weighted by molar-refractivity contribution is 6.08. The third-order valence-corrected chi connectivity index (χ3v) is 2.34. The smallest absolute Gasteiger partial charge is 0.171 e. The van der Waals surface area contributed by atoms with Crippen LogP contribution in [-0.4, -0.2) is 21.8 Å². The third kappa shape index (κ3) is 4.76. The maximum absolute atomic E-state index is 11.3. The third-order valence-electron chi connectivity index (χ3n) is 2.34. The summed E-state index contributed by atoms with van der Waals surface area (Å²) in [6.07, 6.45) is 3.58. The van der Waals surface area contributed by atoms with E-state index in [1.165, 1.54) is 18.2 Å². The molecule has 0 bridgehead atoms. The van der Waals surface area contributed by atoms with Crippen molar-refractivity contribution < 1.29 is 19.8 Å². The molecule has 2 N–H and O–H groups in total. The molecule has 4 heteroatoms. The Morgan fingerprint density at radius 3 is 2.68 bits per heavy atom. The lowest BCUT2D eigenvalue weighted by Gasteiger charge is -2.00. The fourth-order valence-electron chi connectivity index (χ4n) is 1.35. The second kappa shape index (κ2) is 7.11. The highest BCUT2D eigenvalue weighted by atomic mass is 16.3. The van der Waals surface area contributed by atoms with Gasteiger partial charge in [0.05, 0.1) is 13.0 Å². The second-order valence-electron chi connectivity index (χ2n) is 3.82. The number of rotatable bonds is 6. The van der Waals surface area contributed by atoms with Crippen LogP contribution in [0.5, 0.6) is 5.75 Å². The monoisotopic (exact) mass is 258 g/mol. The van der Waals surface area contributed by atoms with Crippen molar-refractivity contribution in [3.05, 3.63) is 53.8 Å². The molecular weight excluding hydrogens is 244 g/mol. The van der Waals surface area contributed by atoms with E-state index in [1.807, 2.05) is 0 Å². The molecule has 1 aromatic rings. The van der Waals surface area contributed by atoms with Crippen molar-refractivity contribution in [3.8, 4) is 5.75 Å². The fourth-order valence-corrected chi connectivity index (χ4v) is 1.35. The number of carbonyl (C=O) groups excluding carboxylic acids is 2. The zero-order chi connectivity index (χ0) is 14.3. The molecule has 0 spiro atoms. The second-order valence-corrected chi connectivity index (χ2v) is 3.82. The number of aliphatic hydroxyl groups is 1. The van der Waals surface area contributed by atoms with Crippen molar-refractivity contribution in [1.82, 2.24) is 0 Å². The minimum absolute atomic E-state index is 0.0104. The summed E-state index contributed by atoms with van der Waals surface area (Å²) in [5.74, 6) is -0.686. The molecule has 0 heterocycles.